The molecule has 0 radical (unpaired) electrons. The standard InChI is InChI=1S/C19H29NO3/c1-12(2)16(10-17(21)18(20)13(3)4)19(22)23-11-15-8-6-14(5)7-9-15/h6-9,12-13,16,18H,10-11,20H2,1-5H3/t16-,18-/m0/s1. The lowest BCUT2D eigenvalue weighted by atomic mass is 9.87. The number of hydrogen-bond acceptors (Lipinski definition) is 4. The van der Waals surface area contributed by atoms with Gasteiger partial charge in [0.05, 0.1) is 12.0 Å². The number of nitrogens with two attached hydrogens (primary N) is 1. The molecule has 0 fully saturated rings. The van der Waals surface area contributed by atoms with Crippen LogP contribution in [0.15, 0.2) is 24.3 Å². The Labute approximate surface area is 139 Å². The lowest BCUT2D eigenvalue weighted by Crippen LogP contribution is -2.38. The number of Topliss-reactive ketones (excluding diaryl/α,β-unsaturated/α-hetero) is 1. The molecule has 0 aliphatic rings. The van der Waals surface area contributed by atoms with Crippen LogP contribution in [-0.2, 0) is 20.9 Å². The average Bonchev–Trinajstić information content (AvgIpc) is 2.50. The predicted octanol–water partition coefficient (Wildman–Crippen LogP) is 3.25. The molecular weight excluding hydrogens is 290 g/mol. The fourth-order valence-electron chi connectivity index (χ4n) is 2.26. The van der Waals surface area contributed by atoms with E-state index in [9.17, 15) is 9.59 Å². The van der Waals surface area contributed by atoms with Crippen molar-refractivity contribution in [3.8, 4) is 0 Å². The van der Waals surface area contributed by atoms with E-state index in [1.54, 1.807) is 0 Å². The molecule has 0 aromatic heterocycles. The molecule has 2 atom stereocenters. The SMILES string of the molecule is Cc1ccc(COC(=O)[C@@H](CC(=O)[C@@H](N)C(C)C)C(C)C)cc1. The van der Waals surface area contributed by atoms with Gasteiger partial charge in [-0.1, -0.05) is 57.5 Å². The predicted molar refractivity (Wildman–Crippen MR) is 91.7 cm³/mol. The second-order valence-corrected chi connectivity index (χ2v) is 6.88. The molecule has 4 heteroatoms. The lowest BCUT2D eigenvalue weighted by molar-refractivity contribution is -0.153. The Morgan fingerprint density at radius 2 is 1.61 bits per heavy atom. The van der Waals surface area contributed by atoms with Gasteiger partial charge in [0.25, 0.3) is 0 Å². The van der Waals surface area contributed by atoms with Crippen LogP contribution in [0.4, 0.5) is 0 Å². The normalized spacial score (nSPS) is 13.9. The van der Waals surface area contributed by atoms with Crippen LogP contribution in [-0.4, -0.2) is 17.8 Å². The third-order valence-electron chi connectivity index (χ3n) is 4.12. The molecule has 1 rings (SSSR count). The van der Waals surface area contributed by atoms with Gasteiger partial charge in [-0.25, -0.2) is 0 Å². The van der Waals surface area contributed by atoms with Gasteiger partial charge in [0, 0.05) is 6.42 Å². The summed E-state index contributed by atoms with van der Waals surface area (Å²) in [5, 5.41) is 0. The molecule has 128 valence electrons. The highest BCUT2D eigenvalue weighted by molar-refractivity contribution is 5.88. The number of carbonyl (C=O) groups is 2. The first-order valence-corrected chi connectivity index (χ1v) is 8.22. The van der Waals surface area contributed by atoms with Gasteiger partial charge in [0.2, 0.25) is 0 Å². The van der Waals surface area contributed by atoms with Crippen LogP contribution in [0.5, 0.6) is 0 Å². The molecular formula is C19H29NO3. The molecule has 0 aliphatic heterocycles. The van der Waals surface area contributed by atoms with E-state index in [-0.39, 0.29) is 36.6 Å². The van der Waals surface area contributed by atoms with E-state index in [1.165, 1.54) is 0 Å². The maximum Gasteiger partial charge on any atom is 0.309 e. The highest BCUT2D eigenvalue weighted by Crippen LogP contribution is 2.20. The number of ether oxygens (including phenoxy) is 1. The van der Waals surface area contributed by atoms with Crippen molar-refractivity contribution >= 4 is 11.8 Å². The minimum atomic E-state index is -0.527. The molecule has 0 unspecified atom stereocenters. The fraction of sp³-hybridized carbons (Fsp3) is 0.579. The van der Waals surface area contributed by atoms with Crippen LogP contribution < -0.4 is 5.73 Å². The molecule has 0 saturated heterocycles. The minimum Gasteiger partial charge on any atom is -0.461 e. The quantitative estimate of drug-likeness (QED) is 0.747. The van der Waals surface area contributed by atoms with Gasteiger partial charge >= 0.3 is 5.97 Å². The summed E-state index contributed by atoms with van der Waals surface area (Å²) < 4.78 is 5.40. The Hall–Kier alpha value is -1.68. The van der Waals surface area contributed by atoms with Gasteiger partial charge in [-0.15, -0.1) is 0 Å². The van der Waals surface area contributed by atoms with E-state index < -0.39 is 12.0 Å². The Morgan fingerprint density at radius 1 is 1.04 bits per heavy atom. The molecule has 0 aliphatic carbocycles. The Kier molecular flexibility index (Phi) is 7.43. The van der Waals surface area contributed by atoms with Crippen LogP contribution >= 0.6 is 0 Å². The van der Waals surface area contributed by atoms with Crippen molar-refractivity contribution in [3.63, 3.8) is 0 Å². The van der Waals surface area contributed by atoms with Crippen molar-refractivity contribution in [1.82, 2.24) is 0 Å². The van der Waals surface area contributed by atoms with E-state index >= 15 is 0 Å². The average molecular weight is 319 g/mol. The van der Waals surface area contributed by atoms with E-state index in [2.05, 4.69) is 0 Å². The van der Waals surface area contributed by atoms with Gasteiger partial charge in [-0.05, 0) is 24.3 Å². The number of hydrogen-bond donors (Lipinski definition) is 1. The number of aryl methyl sites for hydroxylation is 1. The third kappa shape index (κ3) is 6.14. The molecule has 1 aromatic carbocycles. The molecule has 0 bridgehead atoms. The first kappa shape index (κ1) is 19.4. The molecule has 0 spiro atoms. The van der Waals surface area contributed by atoms with Crippen molar-refractivity contribution in [1.29, 1.82) is 0 Å². The summed E-state index contributed by atoms with van der Waals surface area (Å²) in [6, 6.07) is 7.31. The van der Waals surface area contributed by atoms with E-state index in [0.29, 0.717) is 0 Å². The Morgan fingerprint density at radius 3 is 2.09 bits per heavy atom. The Bertz CT molecular complexity index is 520. The van der Waals surface area contributed by atoms with Crippen LogP contribution in [0.3, 0.4) is 0 Å². The van der Waals surface area contributed by atoms with Crippen LogP contribution in [0.1, 0.15) is 45.2 Å². The number of ketones is 1. The maximum atomic E-state index is 12.3. The second-order valence-electron chi connectivity index (χ2n) is 6.88. The van der Waals surface area contributed by atoms with Crippen molar-refractivity contribution in [2.75, 3.05) is 0 Å². The summed E-state index contributed by atoms with van der Waals surface area (Å²) in [5.74, 6) is -0.753. The number of benzene rings is 1. The molecule has 4 nitrogen and oxygen atoms in total. The number of rotatable bonds is 8. The first-order valence-electron chi connectivity index (χ1n) is 8.22. The molecule has 23 heavy (non-hydrogen) atoms. The third-order valence-corrected chi connectivity index (χ3v) is 4.12. The monoisotopic (exact) mass is 319 g/mol. The van der Waals surface area contributed by atoms with Gasteiger partial charge in [0.15, 0.2) is 5.78 Å². The van der Waals surface area contributed by atoms with Gasteiger partial charge < -0.3 is 10.5 Å². The van der Waals surface area contributed by atoms with Crippen molar-refractivity contribution in [2.24, 2.45) is 23.5 Å². The summed E-state index contributed by atoms with van der Waals surface area (Å²) in [4.78, 5) is 24.5. The molecule has 1 aromatic rings. The lowest BCUT2D eigenvalue weighted by Gasteiger charge is -2.22. The molecule has 0 heterocycles. The smallest absolute Gasteiger partial charge is 0.309 e. The summed E-state index contributed by atoms with van der Waals surface area (Å²) in [6.45, 7) is 9.89. The number of carbonyl (C=O) groups excluding carboxylic acids is 2. The van der Waals surface area contributed by atoms with Gasteiger partial charge in [-0.3, -0.25) is 9.59 Å². The van der Waals surface area contributed by atoms with E-state index in [1.807, 2.05) is 58.9 Å². The Balaban J connectivity index is 2.64. The second kappa shape index (κ2) is 8.82. The van der Waals surface area contributed by atoms with Crippen LogP contribution in [0.2, 0.25) is 0 Å². The molecule has 2 N–H and O–H groups in total. The summed E-state index contributed by atoms with van der Waals surface area (Å²) in [5.41, 5.74) is 7.99. The summed E-state index contributed by atoms with van der Waals surface area (Å²) in [6.07, 6.45) is 0.143. The molecule has 0 amide bonds. The van der Waals surface area contributed by atoms with E-state index in [0.717, 1.165) is 11.1 Å². The minimum absolute atomic E-state index is 0.0313. The molecule has 0 saturated carbocycles. The number of esters is 1. The highest BCUT2D eigenvalue weighted by Gasteiger charge is 2.29. The zero-order valence-electron chi connectivity index (χ0n) is 14.8. The van der Waals surface area contributed by atoms with Crippen molar-refractivity contribution in [3.05, 3.63) is 35.4 Å². The van der Waals surface area contributed by atoms with Crippen molar-refractivity contribution < 1.29 is 14.3 Å². The van der Waals surface area contributed by atoms with Crippen molar-refractivity contribution in [2.45, 2.75) is 53.7 Å². The van der Waals surface area contributed by atoms with E-state index in [4.69, 9.17) is 10.5 Å². The maximum absolute atomic E-state index is 12.3. The van der Waals surface area contributed by atoms with Crippen LogP contribution in [0, 0.1) is 24.7 Å². The van der Waals surface area contributed by atoms with Gasteiger partial charge in [0.1, 0.15) is 6.61 Å². The fourth-order valence-corrected chi connectivity index (χ4v) is 2.26. The topological polar surface area (TPSA) is 69.4 Å². The zero-order chi connectivity index (χ0) is 17.6. The summed E-state index contributed by atoms with van der Waals surface area (Å²) >= 11 is 0. The largest absolute Gasteiger partial charge is 0.461 e. The van der Waals surface area contributed by atoms with Crippen LogP contribution in [0.25, 0.3) is 0 Å². The summed E-state index contributed by atoms with van der Waals surface area (Å²) in [7, 11) is 0. The first-order chi connectivity index (χ1) is 10.7. The van der Waals surface area contributed by atoms with Gasteiger partial charge in [-0.2, -0.15) is 0 Å². The zero-order valence-corrected chi connectivity index (χ0v) is 14.8. The highest BCUT2D eigenvalue weighted by atomic mass is 16.5.